The second kappa shape index (κ2) is 13.9. The zero-order valence-electron chi connectivity index (χ0n) is 20.2. The number of hydrogen-bond donors (Lipinski definition) is 4. The lowest BCUT2D eigenvalue weighted by Gasteiger charge is -2.29. The molecule has 0 spiro atoms. The fourth-order valence-corrected chi connectivity index (χ4v) is 2.46. The summed E-state index contributed by atoms with van der Waals surface area (Å²) < 4.78 is 20.2. The van der Waals surface area contributed by atoms with Crippen molar-refractivity contribution in [3.05, 3.63) is 12.3 Å². The molecule has 0 rings (SSSR count). The van der Waals surface area contributed by atoms with E-state index in [4.69, 9.17) is 9.47 Å². The molecule has 0 saturated heterocycles. The van der Waals surface area contributed by atoms with Crippen molar-refractivity contribution in [1.82, 2.24) is 16.0 Å². The van der Waals surface area contributed by atoms with Gasteiger partial charge in [-0.3, -0.25) is 14.9 Å². The largest absolute Gasteiger partial charge is 0.511 e. The first-order valence-corrected chi connectivity index (χ1v) is 10.3. The Morgan fingerprint density at radius 3 is 2.12 bits per heavy atom. The van der Waals surface area contributed by atoms with Gasteiger partial charge < -0.3 is 34.7 Å². The Balaban J connectivity index is 4.48. The molecule has 0 aromatic rings. The minimum atomic E-state index is -0.925. The van der Waals surface area contributed by atoms with E-state index in [1.165, 1.54) is 14.2 Å². The monoisotopic (exact) mass is 461 g/mol. The van der Waals surface area contributed by atoms with Crippen molar-refractivity contribution >= 4 is 18.0 Å². The van der Waals surface area contributed by atoms with Crippen LogP contribution < -0.4 is 16.0 Å². The average Bonchev–Trinajstić information content (AvgIpc) is 2.65. The molecule has 0 aromatic heterocycles. The van der Waals surface area contributed by atoms with E-state index >= 15 is 0 Å². The van der Waals surface area contributed by atoms with Crippen LogP contribution in [0.25, 0.3) is 0 Å². The van der Waals surface area contributed by atoms with Crippen molar-refractivity contribution < 1.29 is 38.4 Å². The molecule has 0 aliphatic carbocycles. The van der Waals surface area contributed by atoms with E-state index in [9.17, 15) is 19.5 Å². The predicted octanol–water partition coefficient (Wildman–Crippen LogP) is 1.38. The van der Waals surface area contributed by atoms with Crippen LogP contribution in [0.5, 0.6) is 0 Å². The molecule has 0 aromatic carbocycles. The van der Waals surface area contributed by atoms with Gasteiger partial charge in [0.25, 0.3) is 0 Å². The summed E-state index contributed by atoms with van der Waals surface area (Å²) in [5.74, 6) is -1.32. The highest BCUT2D eigenvalue weighted by Gasteiger charge is 2.26. The molecule has 32 heavy (non-hydrogen) atoms. The first kappa shape index (κ1) is 29.6. The Bertz CT molecular complexity index is 631. The SMILES string of the molecule is C=C(O)[C@@H](CN[C@@H](CC(=O)OC)C(=O)OC)NCCCOC(C)(C)NC(=O)OC(C)(C)C. The van der Waals surface area contributed by atoms with Crippen LogP contribution in [0.4, 0.5) is 4.79 Å². The van der Waals surface area contributed by atoms with E-state index in [-0.39, 0.29) is 18.7 Å². The molecular formula is C21H39N3O8. The average molecular weight is 462 g/mol. The molecule has 0 saturated carbocycles. The molecule has 0 radical (unpaired) electrons. The molecule has 186 valence electrons. The van der Waals surface area contributed by atoms with E-state index < -0.39 is 41.4 Å². The standard InChI is InChI=1S/C21H39N3O8/c1-14(25)16(13-23-15(18(27)30-8)12-17(26)29-7)22-10-9-11-31-21(5,6)24-19(28)32-20(2,3)4/h15-16,22-23,25H,1,9-13H2,2-8H3,(H,24,28)/t15-,16+/m0/s1. The van der Waals surface area contributed by atoms with Gasteiger partial charge in [-0.25, -0.2) is 4.79 Å². The summed E-state index contributed by atoms with van der Waals surface area (Å²) in [5, 5.41) is 18.4. The van der Waals surface area contributed by atoms with Gasteiger partial charge in [0.15, 0.2) is 0 Å². The third-order valence-corrected chi connectivity index (χ3v) is 4.03. The third kappa shape index (κ3) is 13.8. The molecule has 0 bridgehead atoms. The van der Waals surface area contributed by atoms with Gasteiger partial charge in [-0.1, -0.05) is 6.58 Å². The minimum Gasteiger partial charge on any atom is -0.511 e. The highest BCUT2D eigenvalue weighted by Crippen LogP contribution is 2.10. The predicted molar refractivity (Wildman–Crippen MR) is 118 cm³/mol. The van der Waals surface area contributed by atoms with E-state index in [0.29, 0.717) is 19.6 Å². The zero-order chi connectivity index (χ0) is 24.9. The van der Waals surface area contributed by atoms with Crippen LogP contribution in [0.3, 0.4) is 0 Å². The van der Waals surface area contributed by atoms with Crippen molar-refractivity contribution in [2.75, 3.05) is 33.9 Å². The molecule has 4 N–H and O–H groups in total. The number of methoxy groups -OCH3 is 2. The van der Waals surface area contributed by atoms with Crippen LogP contribution >= 0.6 is 0 Å². The molecule has 11 nitrogen and oxygen atoms in total. The Hall–Kier alpha value is -2.37. The number of alkyl carbamates (subject to hydrolysis) is 1. The summed E-state index contributed by atoms with van der Waals surface area (Å²) in [6, 6.07) is -1.49. The van der Waals surface area contributed by atoms with Gasteiger partial charge in [-0.05, 0) is 47.6 Å². The van der Waals surface area contributed by atoms with Crippen molar-refractivity contribution in [1.29, 1.82) is 0 Å². The molecule has 0 unspecified atom stereocenters. The van der Waals surface area contributed by atoms with Crippen LogP contribution in [-0.4, -0.2) is 80.5 Å². The quantitative estimate of drug-likeness (QED) is 0.0984. The number of carbonyl (C=O) groups is 3. The van der Waals surface area contributed by atoms with Gasteiger partial charge in [-0.15, -0.1) is 0 Å². The number of carbonyl (C=O) groups excluding carboxylic acids is 3. The molecular weight excluding hydrogens is 422 g/mol. The highest BCUT2D eigenvalue weighted by molar-refractivity contribution is 5.82. The Morgan fingerprint density at radius 1 is 1.00 bits per heavy atom. The number of nitrogens with one attached hydrogen (secondary N) is 3. The first-order valence-electron chi connectivity index (χ1n) is 10.3. The van der Waals surface area contributed by atoms with Crippen LogP contribution in [0.2, 0.25) is 0 Å². The van der Waals surface area contributed by atoms with Gasteiger partial charge in [0.05, 0.1) is 33.3 Å². The molecule has 0 aliphatic rings. The van der Waals surface area contributed by atoms with Crippen LogP contribution in [-0.2, 0) is 28.5 Å². The minimum absolute atomic E-state index is 0.124. The first-order chi connectivity index (χ1) is 14.7. The maximum atomic E-state index is 11.9. The summed E-state index contributed by atoms with van der Waals surface area (Å²) in [4.78, 5) is 35.2. The Labute approximate surface area is 190 Å². The third-order valence-electron chi connectivity index (χ3n) is 4.03. The van der Waals surface area contributed by atoms with Crippen molar-refractivity contribution in [2.24, 2.45) is 0 Å². The normalized spacial score (nSPS) is 13.6. The summed E-state index contributed by atoms with van der Waals surface area (Å²) >= 11 is 0. The topological polar surface area (TPSA) is 144 Å². The zero-order valence-corrected chi connectivity index (χ0v) is 20.2. The van der Waals surface area contributed by atoms with Crippen LogP contribution in [0.1, 0.15) is 47.5 Å². The lowest BCUT2D eigenvalue weighted by molar-refractivity contribution is -0.149. The fourth-order valence-electron chi connectivity index (χ4n) is 2.46. The lowest BCUT2D eigenvalue weighted by atomic mass is 10.1. The van der Waals surface area contributed by atoms with Gasteiger partial charge >= 0.3 is 18.0 Å². The molecule has 0 heterocycles. The number of aliphatic hydroxyl groups is 1. The number of hydrogen-bond acceptors (Lipinski definition) is 10. The lowest BCUT2D eigenvalue weighted by Crippen LogP contribution is -2.48. The van der Waals surface area contributed by atoms with Gasteiger partial charge in [0, 0.05) is 6.54 Å². The van der Waals surface area contributed by atoms with Crippen LogP contribution in [0, 0.1) is 0 Å². The number of aliphatic hydroxyl groups excluding tert-OH is 1. The summed E-state index contributed by atoms with van der Waals surface area (Å²) in [6.07, 6.45) is -0.219. The second-order valence-corrected chi connectivity index (χ2v) is 8.60. The highest BCUT2D eigenvalue weighted by atomic mass is 16.6. The summed E-state index contributed by atoms with van der Waals surface area (Å²) in [6.45, 7) is 13.2. The second-order valence-electron chi connectivity index (χ2n) is 8.60. The Morgan fingerprint density at radius 2 is 1.62 bits per heavy atom. The molecule has 2 atom stereocenters. The van der Waals surface area contributed by atoms with E-state index in [1.54, 1.807) is 34.6 Å². The van der Waals surface area contributed by atoms with Crippen molar-refractivity contribution in [3.8, 4) is 0 Å². The summed E-state index contributed by atoms with van der Waals surface area (Å²) in [5.41, 5.74) is -1.53. The van der Waals surface area contributed by atoms with Crippen molar-refractivity contribution in [2.45, 2.75) is 70.9 Å². The number of ether oxygens (including phenoxy) is 4. The van der Waals surface area contributed by atoms with Gasteiger partial charge in [0.1, 0.15) is 23.1 Å². The fraction of sp³-hybridized carbons (Fsp3) is 0.762. The maximum absolute atomic E-state index is 11.9. The van der Waals surface area contributed by atoms with E-state index in [0.717, 1.165) is 0 Å². The number of amides is 1. The van der Waals surface area contributed by atoms with Gasteiger partial charge in [-0.2, -0.15) is 0 Å². The number of rotatable bonds is 14. The molecule has 11 heteroatoms. The smallest absolute Gasteiger partial charge is 0.409 e. The Kier molecular flexibility index (Phi) is 12.9. The van der Waals surface area contributed by atoms with Crippen molar-refractivity contribution in [3.63, 3.8) is 0 Å². The molecule has 0 aliphatic heterocycles. The summed E-state index contributed by atoms with van der Waals surface area (Å²) in [7, 11) is 2.44. The van der Waals surface area contributed by atoms with Gasteiger partial charge in [0.2, 0.25) is 0 Å². The van der Waals surface area contributed by atoms with E-state index in [1.807, 2.05) is 0 Å². The number of esters is 2. The molecule has 0 fully saturated rings. The molecule has 1 amide bonds. The van der Waals surface area contributed by atoms with Crippen LogP contribution in [0.15, 0.2) is 12.3 Å². The van der Waals surface area contributed by atoms with E-state index in [2.05, 4.69) is 32.0 Å². The maximum Gasteiger partial charge on any atom is 0.409 e.